The summed E-state index contributed by atoms with van der Waals surface area (Å²) in [4.78, 5) is 10.8. The van der Waals surface area contributed by atoms with E-state index in [2.05, 4.69) is 14.8 Å². The zero-order chi connectivity index (χ0) is 14.1. The number of thioether (sulfide) groups is 1. The molecule has 1 N–H and O–H groups in total. The van der Waals surface area contributed by atoms with Crippen molar-refractivity contribution in [3.05, 3.63) is 5.82 Å². The number of nitrogens with zero attached hydrogens (tertiary/aromatic N) is 3. The maximum atomic E-state index is 10.8. The standard InChI is InChI=1S/C13H19N3O3S/c1-2-10-14-15-13(20-7-11(17)18)16(10)9-5-6-19-12(9)8-3-4-8/h8-9,12H,2-7H2,1H3,(H,17,18). The summed E-state index contributed by atoms with van der Waals surface area (Å²) in [6, 6.07) is 0.267. The molecule has 2 fully saturated rings. The maximum absolute atomic E-state index is 10.8. The first-order valence-electron chi connectivity index (χ1n) is 7.10. The molecule has 1 aliphatic heterocycles. The highest BCUT2D eigenvalue weighted by Gasteiger charge is 2.42. The minimum absolute atomic E-state index is 0.0174. The first kappa shape index (κ1) is 13.9. The molecule has 1 aliphatic carbocycles. The van der Waals surface area contributed by atoms with Crippen LogP contribution in [-0.2, 0) is 16.0 Å². The lowest BCUT2D eigenvalue weighted by atomic mass is 10.1. The molecule has 0 aromatic carbocycles. The lowest BCUT2D eigenvalue weighted by molar-refractivity contribution is -0.133. The number of rotatable bonds is 6. The summed E-state index contributed by atoms with van der Waals surface area (Å²) in [5, 5.41) is 17.9. The van der Waals surface area contributed by atoms with Crippen molar-refractivity contribution in [3.8, 4) is 0 Å². The average Bonchev–Trinajstić information content (AvgIpc) is 3.02. The van der Waals surface area contributed by atoms with Crippen LogP contribution in [0.4, 0.5) is 0 Å². The lowest BCUT2D eigenvalue weighted by Gasteiger charge is -2.22. The van der Waals surface area contributed by atoms with Gasteiger partial charge in [0.15, 0.2) is 5.16 Å². The number of hydrogen-bond acceptors (Lipinski definition) is 5. The van der Waals surface area contributed by atoms with Gasteiger partial charge in [-0.15, -0.1) is 10.2 Å². The van der Waals surface area contributed by atoms with Crippen LogP contribution in [0.15, 0.2) is 5.16 Å². The Bertz CT molecular complexity index is 501. The summed E-state index contributed by atoms with van der Waals surface area (Å²) in [5.41, 5.74) is 0. The molecule has 110 valence electrons. The first-order valence-corrected chi connectivity index (χ1v) is 8.09. The van der Waals surface area contributed by atoms with Crippen molar-refractivity contribution in [1.82, 2.24) is 14.8 Å². The van der Waals surface area contributed by atoms with E-state index in [1.807, 2.05) is 6.92 Å². The van der Waals surface area contributed by atoms with Gasteiger partial charge in [-0.3, -0.25) is 4.79 Å². The minimum Gasteiger partial charge on any atom is -0.481 e. The summed E-state index contributed by atoms with van der Waals surface area (Å²) in [7, 11) is 0. The fourth-order valence-corrected chi connectivity index (χ4v) is 3.59. The van der Waals surface area contributed by atoms with Crippen LogP contribution in [0.5, 0.6) is 0 Å². The average molecular weight is 297 g/mol. The molecule has 0 bridgehead atoms. The molecular weight excluding hydrogens is 278 g/mol. The van der Waals surface area contributed by atoms with Gasteiger partial charge >= 0.3 is 5.97 Å². The van der Waals surface area contributed by atoms with E-state index in [1.54, 1.807) is 0 Å². The van der Waals surface area contributed by atoms with Gasteiger partial charge in [-0.05, 0) is 25.2 Å². The number of aliphatic carboxylic acids is 1. The monoisotopic (exact) mass is 297 g/mol. The number of ether oxygens (including phenoxy) is 1. The van der Waals surface area contributed by atoms with E-state index >= 15 is 0 Å². The van der Waals surface area contributed by atoms with Crippen LogP contribution >= 0.6 is 11.8 Å². The third-order valence-electron chi connectivity index (χ3n) is 3.90. The van der Waals surface area contributed by atoms with Crippen LogP contribution in [-0.4, -0.2) is 44.3 Å². The first-order chi connectivity index (χ1) is 9.70. The number of carboxylic acid groups (broad SMARTS) is 1. The van der Waals surface area contributed by atoms with Crippen molar-refractivity contribution in [1.29, 1.82) is 0 Å². The molecule has 1 aromatic heterocycles. The Kier molecular flexibility index (Phi) is 3.98. The summed E-state index contributed by atoms with van der Waals surface area (Å²) >= 11 is 1.25. The van der Waals surface area contributed by atoms with Crippen LogP contribution in [0.2, 0.25) is 0 Å². The molecule has 2 unspecified atom stereocenters. The number of aryl methyl sites for hydroxylation is 1. The second-order valence-electron chi connectivity index (χ2n) is 5.33. The largest absolute Gasteiger partial charge is 0.481 e. The Hall–Kier alpha value is -1.08. The van der Waals surface area contributed by atoms with Gasteiger partial charge in [0.2, 0.25) is 0 Å². The number of carboxylic acids is 1. The lowest BCUT2D eigenvalue weighted by Crippen LogP contribution is -2.24. The molecule has 6 nitrogen and oxygen atoms in total. The normalized spacial score (nSPS) is 26.1. The molecule has 0 spiro atoms. The van der Waals surface area contributed by atoms with E-state index in [1.165, 1.54) is 24.6 Å². The predicted molar refractivity (Wildman–Crippen MR) is 73.9 cm³/mol. The van der Waals surface area contributed by atoms with Crippen LogP contribution in [0.3, 0.4) is 0 Å². The highest BCUT2D eigenvalue weighted by atomic mass is 32.2. The van der Waals surface area contributed by atoms with Crippen molar-refractivity contribution in [2.24, 2.45) is 5.92 Å². The Balaban J connectivity index is 1.85. The van der Waals surface area contributed by atoms with Crippen molar-refractivity contribution >= 4 is 17.7 Å². The molecule has 2 heterocycles. The van der Waals surface area contributed by atoms with Gasteiger partial charge in [0.05, 0.1) is 17.9 Å². The molecule has 1 saturated heterocycles. The molecule has 2 atom stereocenters. The molecule has 2 aliphatic rings. The Morgan fingerprint density at radius 3 is 2.90 bits per heavy atom. The minimum atomic E-state index is -0.830. The Morgan fingerprint density at radius 2 is 2.25 bits per heavy atom. The van der Waals surface area contributed by atoms with E-state index in [4.69, 9.17) is 9.84 Å². The molecule has 1 aromatic rings. The van der Waals surface area contributed by atoms with E-state index < -0.39 is 5.97 Å². The quantitative estimate of drug-likeness (QED) is 0.806. The number of carbonyl (C=O) groups is 1. The second kappa shape index (κ2) is 5.73. The second-order valence-corrected chi connectivity index (χ2v) is 6.28. The zero-order valence-corrected chi connectivity index (χ0v) is 12.3. The molecule has 7 heteroatoms. The van der Waals surface area contributed by atoms with Gasteiger partial charge in [0.25, 0.3) is 0 Å². The summed E-state index contributed by atoms with van der Waals surface area (Å²) in [6.45, 7) is 2.82. The fourth-order valence-electron chi connectivity index (χ4n) is 2.86. The van der Waals surface area contributed by atoms with Crippen molar-refractivity contribution in [3.63, 3.8) is 0 Å². The van der Waals surface area contributed by atoms with Gasteiger partial charge in [0.1, 0.15) is 5.82 Å². The molecular formula is C13H19N3O3S. The van der Waals surface area contributed by atoms with Gasteiger partial charge in [-0.25, -0.2) is 0 Å². The topological polar surface area (TPSA) is 77.2 Å². The number of hydrogen-bond donors (Lipinski definition) is 1. The van der Waals surface area contributed by atoms with Gasteiger partial charge in [0, 0.05) is 13.0 Å². The SMILES string of the molecule is CCc1nnc(SCC(=O)O)n1C1CCOC1C1CC1. The Labute approximate surface area is 121 Å². The smallest absolute Gasteiger partial charge is 0.313 e. The van der Waals surface area contributed by atoms with Crippen molar-refractivity contribution in [2.75, 3.05) is 12.4 Å². The highest BCUT2D eigenvalue weighted by molar-refractivity contribution is 7.99. The summed E-state index contributed by atoms with van der Waals surface area (Å²) < 4.78 is 8.02. The maximum Gasteiger partial charge on any atom is 0.313 e. The highest BCUT2D eigenvalue weighted by Crippen LogP contribution is 2.44. The van der Waals surface area contributed by atoms with Crippen molar-refractivity contribution < 1.29 is 14.6 Å². The third-order valence-corrected chi connectivity index (χ3v) is 4.83. The van der Waals surface area contributed by atoms with Crippen LogP contribution in [0.25, 0.3) is 0 Å². The molecule has 20 heavy (non-hydrogen) atoms. The van der Waals surface area contributed by atoms with E-state index in [0.29, 0.717) is 11.1 Å². The van der Waals surface area contributed by atoms with Crippen molar-refractivity contribution in [2.45, 2.75) is 49.9 Å². The molecule has 3 rings (SSSR count). The third kappa shape index (κ3) is 2.69. The van der Waals surface area contributed by atoms with E-state index in [0.717, 1.165) is 25.3 Å². The summed E-state index contributed by atoms with van der Waals surface area (Å²) in [6.07, 6.45) is 4.49. The van der Waals surface area contributed by atoms with Gasteiger partial charge in [-0.1, -0.05) is 18.7 Å². The zero-order valence-electron chi connectivity index (χ0n) is 11.5. The van der Waals surface area contributed by atoms with Crippen LogP contribution in [0.1, 0.15) is 38.1 Å². The van der Waals surface area contributed by atoms with E-state index in [9.17, 15) is 4.79 Å². The summed E-state index contributed by atoms with van der Waals surface area (Å²) in [5.74, 6) is 0.777. The van der Waals surface area contributed by atoms with Gasteiger partial charge < -0.3 is 14.4 Å². The number of aromatic nitrogens is 3. The Morgan fingerprint density at radius 1 is 1.45 bits per heavy atom. The molecule has 0 amide bonds. The molecule has 1 saturated carbocycles. The van der Waals surface area contributed by atoms with E-state index in [-0.39, 0.29) is 17.9 Å². The van der Waals surface area contributed by atoms with Crippen LogP contribution in [0, 0.1) is 5.92 Å². The van der Waals surface area contributed by atoms with Gasteiger partial charge in [-0.2, -0.15) is 0 Å². The van der Waals surface area contributed by atoms with Crippen LogP contribution < -0.4 is 0 Å². The molecule has 0 radical (unpaired) electrons. The fraction of sp³-hybridized carbons (Fsp3) is 0.769. The predicted octanol–water partition coefficient (Wildman–Crippen LogP) is 1.76.